The second kappa shape index (κ2) is 8.14. The molecule has 1 aliphatic rings. The standard InChI is InChI=1S/C21H24N4O2S/c1-23-17-8-4-3-7-16(17)22-21(23)28-15-20(26)25-13-11-24(12-14-25)18-9-5-6-10-19(18)27-2/h3-10H,11-15H2,1-2H3/p+1. The number of rotatable bonds is 5. The molecule has 28 heavy (non-hydrogen) atoms. The number of fused-ring (bicyclic) bond motifs is 1. The Hall–Kier alpha value is -2.67. The molecule has 0 radical (unpaired) electrons. The maximum atomic E-state index is 12.7. The van der Waals surface area contributed by atoms with Gasteiger partial charge in [0.15, 0.2) is 11.0 Å². The second-order valence-electron chi connectivity index (χ2n) is 6.83. The van der Waals surface area contributed by atoms with Gasteiger partial charge in [-0.25, -0.2) is 9.55 Å². The van der Waals surface area contributed by atoms with Crippen LogP contribution in [-0.2, 0) is 11.8 Å². The fraction of sp³-hybridized carbons (Fsp3) is 0.333. The van der Waals surface area contributed by atoms with Crippen molar-refractivity contribution in [3.05, 3.63) is 48.5 Å². The van der Waals surface area contributed by atoms with Crippen molar-refractivity contribution in [3.8, 4) is 5.75 Å². The zero-order valence-electron chi connectivity index (χ0n) is 16.2. The number of carbonyl (C=O) groups is 1. The average molecular weight is 398 g/mol. The number of aryl methyl sites for hydroxylation is 1. The van der Waals surface area contributed by atoms with E-state index >= 15 is 0 Å². The summed E-state index contributed by atoms with van der Waals surface area (Å²) in [5.74, 6) is 1.50. The van der Waals surface area contributed by atoms with Gasteiger partial charge < -0.3 is 14.5 Å². The summed E-state index contributed by atoms with van der Waals surface area (Å²) in [7, 11) is 3.72. The van der Waals surface area contributed by atoms with E-state index in [9.17, 15) is 4.79 Å². The van der Waals surface area contributed by atoms with Gasteiger partial charge in [-0.15, -0.1) is 0 Å². The number of amides is 1. The highest BCUT2D eigenvalue weighted by molar-refractivity contribution is 7.99. The minimum absolute atomic E-state index is 0.184. The Morgan fingerprint density at radius 2 is 1.82 bits per heavy atom. The molecule has 0 atom stereocenters. The Balaban J connectivity index is 1.34. The Morgan fingerprint density at radius 3 is 2.57 bits per heavy atom. The summed E-state index contributed by atoms with van der Waals surface area (Å²) < 4.78 is 7.57. The molecular weight excluding hydrogens is 372 g/mol. The van der Waals surface area contributed by atoms with Gasteiger partial charge in [0.05, 0.1) is 25.6 Å². The first-order chi connectivity index (χ1) is 13.7. The number of nitrogens with one attached hydrogen (secondary N) is 1. The molecule has 7 heteroatoms. The molecule has 146 valence electrons. The largest absolute Gasteiger partial charge is 0.495 e. The Kier molecular flexibility index (Phi) is 5.43. The average Bonchev–Trinajstić information content (AvgIpc) is 3.08. The van der Waals surface area contributed by atoms with E-state index in [2.05, 4.69) is 32.7 Å². The van der Waals surface area contributed by atoms with Crippen LogP contribution < -0.4 is 14.2 Å². The van der Waals surface area contributed by atoms with Crippen LogP contribution in [0.25, 0.3) is 11.0 Å². The van der Waals surface area contributed by atoms with Crippen molar-refractivity contribution in [3.63, 3.8) is 0 Å². The van der Waals surface area contributed by atoms with Gasteiger partial charge in [-0.2, -0.15) is 0 Å². The van der Waals surface area contributed by atoms with Gasteiger partial charge in [0, 0.05) is 26.2 Å². The first-order valence-corrected chi connectivity index (χ1v) is 10.4. The molecule has 1 amide bonds. The molecule has 1 aromatic heterocycles. The van der Waals surface area contributed by atoms with E-state index < -0.39 is 0 Å². The number of methoxy groups -OCH3 is 1. The number of para-hydroxylation sites is 4. The quantitative estimate of drug-likeness (QED) is 0.531. The first kappa shape index (κ1) is 18.7. The van der Waals surface area contributed by atoms with E-state index in [1.807, 2.05) is 42.3 Å². The molecule has 0 aliphatic carbocycles. The molecule has 0 unspecified atom stereocenters. The van der Waals surface area contributed by atoms with E-state index in [-0.39, 0.29) is 5.91 Å². The molecule has 2 heterocycles. The molecule has 1 N–H and O–H groups in total. The number of benzene rings is 2. The predicted octanol–water partition coefficient (Wildman–Crippen LogP) is 2.44. The molecule has 2 aromatic carbocycles. The van der Waals surface area contributed by atoms with Crippen LogP contribution >= 0.6 is 11.8 Å². The molecule has 1 fully saturated rings. The predicted molar refractivity (Wildman–Crippen MR) is 112 cm³/mol. The summed E-state index contributed by atoms with van der Waals surface area (Å²) in [6.45, 7) is 3.10. The van der Waals surface area contributed by atoms with Crippen molar-refractivity contribution in [1.29, 1.82) is 0 Å². The lowest BCUT2D eigenvalue weighted by molar-refractivity contribution is -0.683. The normalized spacial score (nSPS) is 14.5. The number of aromatic nitrogens is 2. The summed E-state index contributed by atoms with van der Waals surface area (Å²) in [6, 6.07) is 16.2. The molecule has 0 bridgehead atoms. The fourth-order valence-corrected chi connectivity index (χ4v) is 4.54. The number of hydrogen-bond acceptors (Lipinski definition) is 4. The lowest BCUT2D eigenvalue weighted by Crippen LogP contribution is -2.49. The van der Waals surface area contributed by atoms with E-state index in [1.54, 1.807) is 18.9 Å². The highest BCUT2D eigenvalue weighted by atomic mass is 32.2. The molecule has 1 saturated heterocycles. The van der Waals surface area contributed by atoms with Crippen molar-refractivity contribution < 1.29 is 14.1 Å². The third kappa shape index (κ3) is 3.67. The minimum Gasteiger partial charge on any atom is -0.495 e. The van der Waals surface area contributed by atoms with Crippen LogP contribution in [0.5, 0.6) is 5.75 Å². The highest BCUT2D eigenvalue weighted by Crippen LogP contribution is 2.28. The van der Waals surface area contributed by atoms with Gasteiger partial charge in [-0.1, -0.05) is 24.3 Å². The van der Waals surface area contributed by atoms with Gasteiger partial charge in [0.2, 0.25) is 5.91 Å². The van der Waals surface area contributed by atoms with Crippen molar-refractivity contribution >= 4 is 34.4 Å². The molecule has 4 rings (SSSR count). The van der Waals surface area contributed by atoms with Crippen molar-refractivity contribution in [2.45, 2.75) is 5.16 Å². The second-order valence-corrected chi connectivity index (χ2v) is 7.80. The number of nitrogens with zero attached hydrogens (tertiary/aromatic N) is 3. The van der Waals surface area contributed by atoms with Gasteiger partial charge in [-0.05, 0) is 36.0 Å². The van der Waals surface area contributed by atoms with Gasteiger partial charge in [-0.3, -0.25) is 4.79 Å². The van der Waals surface area contributed by atoms with E-state index in [4.69, 9.17) is 4.74 Å². The van der Waals surface area contributed by atoms with Crippen LogP contribution in [0.3, 0.4) is 0 Å². The van der Waals surface area contributed by atoms with Crippen molar-refractivity contribution in [2.75, 3.05) is 43.9 Å². The SMILES string of the molecule is COc1ccccc1N1CCN(C(=O)CSc2[nH]c3ccccc3[n+]2C)CC1. The first-order valence-electron chi connectivity index (χ1n) is 9.42. The molecule has 0 saturated carbocycles. The monoisotopic (exact) mass is 397 g/mol. The summed E-state index contributed by atoms with van der Waals surface area (Å²) in [6.07, 6.45) is 0. The molecule has 1 aliphatic heterocycles. The van der Waals surface area contributed by atoms with Gasteiger partial charge >= 0.3 is 5.16 Å². The number of carbonyl (C=O) groups excluding carboxylic acids is 1. The number of aromatic amines is 1. The molecular formula is C21H25N4O2S+. The zero-order chi connectivity index (χ0) is 19.5. The van der Waals surface area contributed by atoms with E-state index in [0.29, 0.717) is 5.75 Å². The number of anilines is 1. The van der Waals surface area contributed by atoms with Gasteiger partial charge in [0.1, 0.15) is 5.75 Å². The van der Waals surface area contributed by atoms with E-state index in [1.165, 1.54) is 0 Å². The topological polar surface area (TPSA) is 52.5 Å². The van der Waals surface area contributed by atoms with Gasteiger partial charge in [0.25, 0.3) is 0 Å². The van der Waals surface area contributed by atoms with Crippen LogP contribution in [0.4, 0.5) is 5.69 Å². The Bertz CT molecular complexity index is 979. The number of imidazole rings is 1. The smallest absolute Gasteiger partial charge is 0.317 e. The molecule has 3 aromatic rings. The number of ether oxygens (including phenoxy) is 1. The molecule has 6 nitrogen and oxygen atoms in total. The third-order valence-corrected chi connectivity index (χ3v) is 6.24. The Labute approximate surface area is 169 Å². The van der Waals surface area contributed by atoms with Crippen LogP contribution in [0, 0.1) is 0 Å². The van der Waals surface area contributed by atoms with Crippen LogP contribution in [0.1, 0.15) is 0 Å². The van der Waals surface area contributed by atoms with Crippen LogP contribution in [-0.4, -0.2) is 54.8 Å². The number of piperazine rings is 1. The van der Waals surface area contributed by atoms with Crippen LogP contribution in [0.2, 0.25) is 0 Å². The third-order valence-electron chi connectivity index (χ3n) is 5.20. The summed E-state index contributed by atoms with van der Waals surface area (Å²) in [5.41, 5.74) is 3.32. The van der Waals surface area contributed by atoms with Crippen LogP contribution in [0.15, 0.2) is 53.7 Å². The summed E-state index contributed by atoms with van der Waals surface area (Å²) in [5, 5.41) is 1.00. The lowest BCUT2D eigenvalue weighted by atomic mass is 10.2. The minimum atomic E-state index is 0.184. The summed E-state index contributed by atoms with van der Waals surface area (Å²) in [4.78, 5) is 20.3. The maximum Gasteiger partial charge on any atom is 0.317 e. The number of H-pyrrole nitrogens is 1. The van der Waals surface area contributed by atoms with Crippen molar-refractivity contribution in [1.82, 2.24) is 9.88 Å². The zero-order valence-corrected chi connectivity index (χ0v) is 17.0. The van der Waals surface area contributed by atoms with E-state index in [0.717, 1.165) is 53.8 Å². The fourth-order valence-electron chi connectivity index (χ4n) is 3.62. The highest BCUT2D eigenvalue weighted by Gasteiger charge is 2.24. The summed E-state index contributed by atoms with van der Waals surface area (Å²) >= 11 is 1.56. The maximum absolute atomic E-state index is 12.7. The van der Waals surface area contributed by atoms with Crippen molar-refractivity contribution in [2.24, 2.45) is 7.05 Å². The Morgan fingerprint density at radius 1 is 1.11 bits per heavy atom. The number of hydrogen-bond donors (Lipinski definition) is 1. The number of thioether (sulfide) groups is 1. The lowest BCUT2D eigenvalue weighted by Gasteiger charge is -2.36. The molecule has 0 spiro atoms.